The van der Waals surface area contributed by atoms with Crippen LogP contribution in [-0.2, 0) is 14.3 Å². The van der Waals surface area contributed by atoms with E-state index in [1.165, 1.54) is 31.3 Å². The maximum atomic E-state index is 14.7. The summed E-state index contributed by atoms with van der Waals surface area (Å²) in [7, 11) is 0. The second-order valence-corrected chi connectivity index (χ2v) is 19.4. The summed E-state index contributed by atoms with van der Waals surface area (Å²) in [5.74, 6) is 2.45. The lowest BCUT2D eigenvalue weighted by Crippen LogP contribution is -2.68. The molecule has 0 aliphatic heterocycles. The van der Waals surface area contributed by atoms with E-state index >= 15 is 0 Å². The van der Waals surface area contributed by atoms with Crippen LogP contribution < -0.4 is 5.32 Å². The van der Waals surface area contributed by atoms with Gasteiger partial charge in [0.25, 0.3) is 0 Å². The molecular formula is C41H67NO4. The number of carbonyl (C=O) groups is 2. The lowest BCUT2D eigenvalue weighted by molar-refractivity contribution is -0.246. The Bertz CT molecular complexity index is 1240. The maximum Gasteiger partial charge on any atom is 0.309 e. The number of fused-ring (bicyclic) bond motifs is 7. The van der Waals surface area contributed by atoms with Crippen LogP contribution in [-0.4, -0.2) is 35.7 Å². The molecule has 6 aliphatic rings. The Balaban J connectivity index is 1.26. The Hall–Kier alpha value is -1.36. The first-order chi connectivity index (χ1) is 21.4. The van der Waals surface area contributed by atoms with Crippen LogP contribution in [0.5, 0.6) is 0 Å². The monoisotopic (exact) mass is 638 g/mol. The molecule has 0 aromatic carbocycles. The number of aliphatic hydroxyl groups is 1. The molecule has 2 N–H and O–H groups in total. The molecule has 6 rings (SSSR count). The number of allylic oxidation sites excluding steroid dienone is 1. The molecule has 6 fully saturated rings. The minimum Gasteiger partial charge on any atom is -0.465 e. The topological polar surface area (TPSA) is 75.6 Å². The Kier molecular flexibility index (Phi) is 8.51. The number of ether oxygens (including phenoxy) is 1. The van der Waals surface area contributed by atoms with Crippen molar-refractivity contribution in [2.75, 3.05) is 6.61 Å². The molecule has 0 spiro atoms. The zero-order valence-electron chi connectivity index (χ0n) is 30.9. The highest BCUT2D eigenvalue weighted by Gasteiger charge is 2.72. The van der Waals surface area contributed by atoms with E-state index in [-0.39, 0.29) is 62.4 Å². The van der Waals surface area contributed by atoms with Gasteiger partial charge in [-0.25, -0.2) is 0 Å². The first-order valence-corrected chi connectivity index (χ1v) is 19.2. The third-order valence-corrected chi connectivity index (χ3v) is 17.1. The number of esters is 1. The molecule has 260 valence electrons. The number of rotatable bonds is 7. The quantitative estimate of drug-likeness (QED) is 0.166. The Labute approximate surface area is 280 Å². The van der Waals surface area contributed by atoms with Crippen molar-refractivity contribution in [1.29, 1.82) is 0 Å². The number of hydrogen-bond acceptors (Lipinski definition) is 4. The normalized spacial score (nSPS) is 48.5. The minimum absolute atomic E-state index is 0.00410. The van der Waals surface area contributed by atoms with Gasteiger partial charge in [0.2, 0.25) is 5.91 Å². The van der Waals surface area contributed by atoms with Crippen molar-refractivity contribution in [3.8, 4) is 0 Å². The first kappa shape index (κ1) is 34.5. The molecular weight excluding hydrogens is 570 g/mol. The number of carbonyl (C=O) groups excluding carboxylic acids is 2. The van der Waals surface area contributed by atoms with Crippen LogP contribution in [0.15, 0.2) is 12.2 Å². The largest absolute Gasteiger partial charge is 0.465 e. The van der Waals surface area contributed by atoms with Crippen molar-refractivity contribution in [1.82, 2.24) is 5.32 Å². The number of aliphatic hydroxyl groups excluding tert-OH is 1. The van der Waals surface area contributed by atoms with Gasteiger partial charge in [-0.15, -0.1) is 0 Å². The first-order valence-electron chi connectivity index (χ1n) is 19.2. The van der Waals surface area contributed by atoms with Crippen LogP contribution in [0.4, 0.5) is 0 Å². The van der Waals surface area contributed by atoms with Crippen LogP contribution in [0.25, 0.3) is 0 Å². The fraction of sp³-hybridized carbons (Fsp3) is 0.902. The van der Waals surface area contributed by atoms with Gasteiger partial charge in [0, 0.05) is 6.04 Å². The van der Waals surface area contributed by atoms with Crippen molar-refractivity contribution in [2.45, 2.75) is 158 Å². The van der Waals surface area contributed by atoms with Crippen LogP contribution in [0.3, 0.4) is 0 Å². The summed E-state index contributed by atoms with van der Waals surface area (Å²) < 4.78 is 5.61. The molecule has 12 atom stereocenters. The van der Waals surface area contributed by atoms with E-state index in [4.69, 9.17) is 4.74 Å². The van der Waals surface area contributed by atoms with E-state index in [2.05, 4.69) is 74.2 Å². The molecule has 0 bridgehead atoms. The summed E-state index contributed by atoms with van der Waals surface area (Å²) in [6, 6.07) is 0.00410. The van der Waals surface area contributed by atoms with Gasteiger partial charge in [-0.05, 0) is 141 Å². The van der Waals surface area contributed by atoms with E-state index < -0.39 is 0 Å². The average Bonchev–Trinajstić information content (AvgIpc) is 3.39. The minimum atomic E-state index is -0.349. The van der Waals surface area contributed by atoms with E-state index in [9.17, 15) is 14.7 Å². The molecule has 0 saturated heterocycles. The van der Waals surface area contributed by atoms with Gasteiger partial charge in [0.15, 0.2) is 0 Å². The molecule has 0 aromatic rings. The van der Waals surface area contributed by atoms with Crippen LogP contribution in [0.2, 0.25) is 0 Å². The summed E-state index contributed by atoms with van der Waals surface area (Å²) in [6.07, 6.45) is 13.4. The van der Waals surface area contributed by atoms with Gasteiger partial charge < -0.3 is 15.2 Å². The van der Waals surface area contributed by atoms with Gasteiger partial charge >= 0.3 is 5.97 Å². The Morgan fingerprint density at radius 1 is 0.848 bits per heavy atom. The fourth-order valence-corrected chi connectivity index (χ4v) is 13.8. The van der Waals surface area contributed by atoms with Crippen molar-refractivity contribution >= 4 is 11.9 Å². The highest BCUT2D eigenvalue weighted by atomic mass is 16.5. The average molecular weight is 638 g/mol. The third kappa shape index (κ3) is 4.61. The maximum absolute atomic E-state index is 14.7. The second-order valence-electron chi connectivity index (χ2n) is 19.4. The summed E-state index contributed by atoms with van der Waals surface area (Å²) >= 11 is 0. The lowest BCUT2D eigenvalue weighted by atomic mass is 9.32. The SMILES string of the molecule is C=C(C)[C@@H]1CC[C@]2(C(=O)N[C@@H]3C[C@H](C(=O)OCCCC)C3(C)C)CC[C@]3(C)[C@H](CC[C@@H]4[C@@]5(C)CC[C@H](O)C(C)(C)[C@@H]5CC[C@]43C)[C@@H]12. The molecule has 5 heteroatoms. The molecule has 0 unspecified atom stereocenters. The molecule has 1 amide bonds. The molecule has 0 aromatic heterocycles. The van der Waals surface area contributed by atoms with Gasteiger partial charge in [-0.1, -0.05) is 74.0 Å². The van der Waals surface area contributed by atoms with Crippen molar-refractivity contribution in [3.63, 3.8) is 0 Å². The van der Waals surface area contributed by atoms with Gasteiger partial charge in [-0.3, -0.25) is 9.59 Å². The lowest BCUT2D eigenvalue weighted by Gasteiger charge is -2.72. The van der Waals surface area contributed by atoms with Crippen molar-refractivity contribution in [3.05, 3.63) is 12.2 Å². The summed E-state index contributed by atoms with van der Waals surface area (Å²) in [5, 5.41) is 14.7. The van der Waals surface area contributed by atoms with Crippen LogP contribution >= 0.6 is 0 Å². The number of unbranched alkanes of at least 4 members (excludes halogenated alkanes) is 1. The summed E-state index contributed by atoms with van der Waals surface area (Å²) in [4.78, 5) is 27.6. The smallest absolute Gasteiger partial charge is 0.309 e. The second kappa shape index (κ2) is 11.3. The van der Waals surface area contributed by atoms with Crippen molar-refractivity contribution < 1.29 is 19.4 Å². The summed E-state index contributed by atoms with van der Waals surface area (Å²) in [6.45, 7) is 26.2. The van der Waals surface area contributed by atoms with E-state index in [1.807, 2.05) is 0 Å². The molecule has 6 aliphatic carbocycles. The number of hydrogen-bond donors (Lipinski definition) is 2. The highest BCUT2D eigenvalue weighted by Crippen LogP contribution is 2.77. The zero-order chi connectivity index (χ0) is 33.7. The molecule has 5 nitrogen and oxygen atoms in total. The number of nitrogens with one attached hydrogen (secondary N) is 1. The zero-order valence-corrected chi connectivity index (χ0v) is 30.9. The molecule has 0 radical (unpaired) electrons. The molecule has 0 heterocycles. The highest BCUT2D eigenvalue weighted by molar-refractivity contribution is 5.85. The van der Waals surface area contributed by atoms with Crippen LogP contribution in [0.1, 0.15) is 146 Å². The Morgan fingerprint density at radius 2 is 1.57 bits per heavy atom. The van der Waals surface area contributed by atoms with E-state index in [1.54, 1.807) is 0 Å². The van der Waals surface area contributed by atoms with Gasteiger partial charge in [-0.2, -0.15) is 0 Å². The predicted octanol–water partition coefficient (Wildman–Crippen LogP) is 8.88. The van der Waals surface area contributed by atoms with E-state index in [0.29, 0.717) is 42.6 Å². The summed E-state index contributed by atoms with van der Waals surface area (Å²) in [5.41, 5.74) is 1.23. The number of amides is 1. The standard InChI is InChI=1S/C41H67NO4/c1-11-12-23-46-34(44)28-24-31(36(28,4)5)42-35(45)41-20-15-26(25(2)3)33(41)27-13-14-30-38(8)18-17-32(43)37(6,7)29(38)16-19-40(30,10)39(27,9)21-22-41/h26-33,43H,2,11-24H2,1,3-10H3,(H,42,45)/t26-,27+,28+,29-,30+,31+,32-,33+,38-,39+,40+,41-/m0/s1. The molecule has 6 saturated carbocycles. The van der Waals surface area contributed by atoms with E-state index in [0.717, 1.165) is 51.4 Å². The predicted molar refractivity (Wildman–Crippen MR) is 185 cm³/mol. The third-order valence-electron chi connectivity index (χ3n) is 17.1. The van der Waals surface area contributed by atoms with Gasteiger partial charge in [0.1, 0.15) is 0 Å². The van der Waals surface area contributed by atoms with Crippen molar-refractivity contribution in [2.24, 2.45) is 68.0 Å². The molecule has 46 heavy (non-hydrogen) atoms. The Morgan fingerprint density at radius 3 is 2.22 bits per heavy atom. The van der Waals surface area contributed by atoms with Gasteiger partial charge in [0.05, 0.1) is 24.0 Å². The van der Waals surface area contributed by atoms with Crippen LogP contribution in [0, 0.1) is 68.0 Å². The fourth-order valence-electron chi connectivity index (χ4n) is 13.8.